The first kappa shape index (κ1) is 12.5. The van der Waals surface area contributed by atoms with Crippen molar-refractivity contribution >= 4 is 45.8 Å². The molecule has 3 rings (SSSR count). The Labute approximate surface area is 117 Å². The summed E-state index contributed by atoms with van der Waals surface area (Å²) in [5.74, 6) is -0.0825. The number of carbonyl (C=O) groups is 1. The molecule has 20 heavy (non-hydrogen) atoms. The van der Waals surface area contributed by atoms with E-state index in [-0.39, 0.29) is 28.0 Å². The Kier molecular flexibility index (Phi) is 2.83. The second kappa shape index (κ2) is 4.53. The van der Waals surface area contributed by atoms with E-state index < -0.39 is 0 Å². The molecule has 1 aromatic heterocycles. The van der Waals surface area contributed by atoms with Crippen LogP contribution in [0.15, 0.2) is 38.4 Å². The lowest BCUT2D eigenvalue weighted by Crippen LogP contribution is -2.17. The Morgan fingerprint density at radius 1 is 1.30 bits per heavy atom. The summed E-state index contributed by atoms with van der Waals surface area (Å²) < 4.78 is 5.39. The van der Waals surface area contributed by atoms with Gasteiger partial charge in [-0.2, -0.15) is 0 Å². The fourth-order valence-electron chi connectivity index (χ4n) is 1.88. The highest BCUT2D eigenvalue weighted by Gasteiger charge is 2.23. The van der Waals surface area contributed by atoms with Gasteiger partial charge in [-0.15, -0.1) is 0 Å². The predicted octanol–water partition coefficient (Wildman–Crippen LogP) is 2.15. The van der Waals surface area contributed by atoms with Gasteiger partial charge in [0.25, 0.3) is 5.24 Å². The molecule has 4 N–H and O–H groups in total. The van der Waals surface area contributed by atoms with Gasteiger partial charge in [0.1, 0.15) is 11.4 Å². The first-order valence-electron chi connectivity index (χ1n) is 5.67. The van der Waals surface area contributed by atoms with Crippen LogP contribution in [0.5, 0.6) is 0 Å². The van der Waals surface area contributed by atoms with Crippen molar-refractivity contribution in [2.75, 3.05) is 5.73 Å². The van der Waals surface area contributed by atoms with Crippen LogP contribution in [0.25, 0.3) is 17.0 Å². The SMILES string of the molecule is N=C1NC(=O)S/C1=C/c1c(N)oc2ccccc2c1=O. The van der Waals surface area contributed by atoms with Crippen LogP contribution in [0, 0.1) is 5.41 Å². The van der Waals surface area contributed by atoms with E-state index >= 15 is 0 Å². The third kappa shape index (κ3) is 1.97. The minimum absolute atomic E-state index is 0.0334. The van der Waals surface area contributed by atoms with Crippen molar-refractivity contribution in [3.05, 3.63) is 45.0 Å². The van der Waals surface area contributed by atoms with Gasteiger partial charge in [0, 0.05) is 0 Å². The zero-order valence-electron chi connectivity index (χ0n) is 10.1. The molecule has 0 saturated carbocycles. The molecule has 1 aromatic carbocycles. The number of nitrogens with one attached hydrogen (secondary N) is 2. The Bertz CT molecular complexity index is 838. The molecule has 0 radical (unpaired) electrons. The molecule has 0 unspecified atom stereocenters. The number of thioether (sulfide) groups is 1. The maximum absolute atomic E-state index is 12.4. The van der Waals surface area contributed by atoms with Crippen LogP contribution >= 0.6 is 11.8 Å². The smallest absolute Gasteiger partial charge is 0.289 e. The van der Waals surface area contributed by atoms with E-state index in [1.54, 1.807) is 24.3 Å². The van der Waals surface area contributed by atoms with Crippen LogP contribution < -0.4 is 16.5 Å². The van der Waals surface area contributed by atoms with Gasteiger partial charge in [0.15, 0.2) is 0 Å². The third-order valence-corrected chi connectivity index (χ3v) is 3.64. The van der Waals surface area contributed by atoms with Crippen molar-refractivity contribution in [2.24, 2.45) is 0 Å². The Hall–Kier alpha value is -2.54. The first-order valence-corrected chi connectivity index (χ1v) is 6.48. The lowest BCUT2D eigenvalue weighted by molar-refractivity contribution is 0.265. The van der Waals surface area contributed by atoms with Gasteiger partial charge < -0.3 is 15.5 Å². The van der Waals surface area contributed by atoms with Gasteiger partial charge in [-0.25, -0.2) is 0 Å². The highest BCUT2D eigenvalue weighted by Crippen LogP contribution is 2.27. The number of para-hydroxylation sites is 1. The predicted molar refractivity (Wildman–Crippen MR) is 78.7 cm³/mol. The van der Waals surface area contributed by atoms with Crippen LogP contribution in [0.4, 0.5) is 10.7 Å². The van der Waals surface area contributed by atoms with E-state index in [2.05, 4.69) is 5.32 Å². The van der Waals surface area contributed by atoms with E-state index in [1.165, 1.54) is 6.08 Å². The largest absolute Gasteiger partial charge is 0.440 e. The minimum Gasteiger partial charge on any atom is -0.440 e. The highest BCUT2D eigenvalue weighted by molar-refractivity contribution is 8.18. The van der Waals surface area contributed by atoms with Gasteiger partial charge in [0.05, 0.1) is 15.9 Å². The van der Waals surface area contributed by atoms with Gasteiger partial charge in [-0.05, 0) is 30.0 Å². The summed E-state index contributed by atoms with van der Waals surface area (Å²) in [5, 5.41) is 9.97. The summed E-state index contributed by atoms with van der Waals surface area (Å²) in [7, 11) is 0. The van der Waals surface area contributed by atoms with Crippen LogP contribution in [-0.4, -0.2) is 11.1 Å². The fourth-order valence-corrected chi connectivity index (χ4v) is 2.57. The average Bonchev–Trinajstić information content (AvgIpc) is 2.73. The first-order chi connectivity index (χ1) is 9.56. The summed E-state index contributed by atoms with van der Waals surface area (Å²) in [5.41, 5.74) is 6.01. The van der Waals surface area contributed by atoms with Crippen molar-refractivity contribution in [1.29, 1.82) is 5.41 Å². The van der Waals surface area contributed by atoms with E-state index in [0.717, 1.165) is 11.8 Å². The number of anilines is 1. The summed E-state index contributed by atoms with van der Waals surface area (Å²) >= 11 is 0.842. The molecule has 2 aromatic rings. The number of amides is 1. The van der Waals surface area contributed by atoms with Gasteiger partial charge in [-0.3, -0.25) is 15.0 Å². The lowest BCUT2D eigenvalue weighted by Gasteiger charge is -2.03. The Morgan fingerprint density at radius 3 is 2.75 bits per heavy atom. The number of fused-ring (bicyclic) bond motifs is 1. The fraction of sp³-hybridized carbons (Fsp3) is 0. The normalized spacial score (nSPS) is 16.9. The molecule has 0 bridgehead atoms. The third-order valence-electron chi connectivity index (χ3n) is 2.81. The van der Waals surface area contributed by atoms with Gasteiger partial charge in [0.2, 0.25) is 11.3 Å². The molecule has 1 aliphatic rings. The molecular formula is C13H9N3O3S. The molecule has 0 spiro atoms. The second-order valence-electron chi connectivity index (χ2n) is 4.10. The second-order valence-corrected chi connectivity index (χ2v) is 5.12. The lowest BCUT2D eigenvalue weighted by atomic mass is 10.1. The number of nitrogen functional groups attached to an aromatic ring is 1. The van der Waals surface area contributed by atoms with E-state index in [9.17, 15) is 9.59 Å². The quantitative estimate of drug-likeness (QED) is 0.744. The molecular weight excluding hydrogens is 278 g/mol. The molecule has 1 aliphatic heterocycles. The van der Waals surface area contributed by atoms with Crippen molar-refractivity contribution in [3.8, 4) is 0 Å². The standard InChI is InChI=1S/C13H9N3O3S/c14-11-9(20-13(18)16-11)5-7-10(17)6-3-1-2-4-8(6)19-12(7)15/h1-5H,15H2,(H2,14,16,18)/b9-5+. The Morgan fingerprint density at radius 2 is 2.05 bits per heavy atom. The number of benzene rings is 1. The topological polar surface area (TPSA) is 109 Å². The number of hydrogen-bond donors (Lipinski definition) is 3. The number of hydrogen-bond acceptors (Lipinski definition) is 6. The van der Waals surface area contributed by atoms with Crippen LogP contribution in [0.2, 0.25) is 0 Å². The molecule has 2 heterocycles. The summed E-state index contributed by atoms with van der Waals surface area (Å²) in [6.07, 6.45) is 1.40. The number of carbonyl (C=O) groups excluding carboxylic acids is 1. The van der Waals surface area contributed by atoms with Crippen molar-refractivity contribution < 1.29 is 9.21 Å². The van der Waals surface area contributed by atoms with Crippen molar-refractivity contribution in [1.82, 2.24) is 5.32 Å². The van der Waals surface area contributed by atoms with Crippen LogP contribution in [0.1, 0.15) is 5.56 Å². The summed E-state index contributed by atoms with van der Waals surface area (Å²) in [6, 6.07) is 6.76. The maximum Gasteiger partial charge on any atom is 0.289 e. The molecule has 6 nitrogen and oxygen atoms in total. The monoisotopic (exact) mass is 287 g/mol. The molecule has 1 saturated heterocycles. The molecule has 0 atom stereocenters. The molecule has 7 heteroatoms. The Balaban J connectivity index is 2.22. The van der Waals surface area contributed by atoms with E-state index in [4.69, 9.17) is 15.6 Å². The molecule has 1 fully saturated rings. The van der Waals surface area contributed by atoms with Crippen molar-refractivity contribution in [2.45, 2.75) is 0 Å². The summed E-state index contributed by atoms with van der Waals surface area (Å²) in [4.78, 5) is 23.9. The van der Waals surface area contributed by atoms with Crippen LogP contribution in [-0.2, 0) is 0 Å². The molecule has 1 amide bonds. The average molecular weight is 287 g/mol. The van der Waals surface area contributed by atoms with E-state index in [1.807, 2.05) is 0 Å². The van der Waals surface area contributed by atoms with Gasteiger partial charge in [-0.1, -0.05) is 12.1 Å². The number of amidine groups is 1. The van der Waals surface area contributed by atoms with Crippen LogP contribution in [0.3, 0.4) is 0 Å². The maximum atomic E-state index is 12.4. The number of nitrogens with two attached hydrogens (primary N) is 1. The number of rotatable bonds is 1. The minimum atomic E-state index is -0.356. The highest BCUT2D eigenvalue weighted by atomic mass is 32.2. The van der Waals surface area contributed by atoms with Gasteiger partial charge >= 0.3 is 0 Å². The van der Waals surface area contributed by atoms with E-state index in [0.29, 0.717) is 15.9 Å². The van der Waals surface area contributed by atoms with Crippen molar-refractivity contribution in [3.63, 3.8) is 0 Å². The zero-order chi connectivity index (χ0) is 14.3. The molecule has 0 aliphatic carbocycles. The zero-order valence-corrected chi connectivity index (χ0v) is 10.9. The summed E-state index contributed by atoms with van der Waals surface area (Å²) in [6.45, 7) is 0. The molecule has 100 valence electrons.